The molecule has 0 radical (unpaired) electrons. The van der Waals surface area contributed by atoms with Gasteiger partial charge < -0.3 is 20.6 Å². The van der Waals surface area contributed by atoms with Crippen molar-refractivity contribution in [3.05, 3.63) is 33.4 Å². The molecule has 2 aliphatic carbocycles. The molecule has 0 bridgehead atoms. The normalized spacial score (nSPS) is 28.6. The number of likely N-dealkylation sites (tertiary alicyclic amines) is 1. The minimum atomic E-state index is -4.80. The van der Waals surface area contributed by atoms with Gasteiger partial charge in [-0.15, -0.1) is 11.3 Å². The van der Waals surface area contributed by atoms with E-state index >= 15 is 0 Å². The van der Waals surface area contributed by atoms with E-state index < -0.39 is 78.1 Å². The molecule has 2 saturated carbocycles. The number of hydrogen-bond acceptors (Lipinski definition) is 7. The largest absolute Gasteiger partial charge is 0.416 e. The van der Waals surface area contributed by atoms with Gasteiger partial charge >= 0.3 is 6.18 Å². The molecule has 0 spiro atoms. The summed E-state index contributed by atoms with van der Waals surface area (Å²) in [6, 6.07) is -1.43. The van der Waals surface area contributed by atoms with E-state index in [0.29, 0.717) is 43.1 Å². The van der Waals surface area contributed by atoms with Crippen LogP contribution in [0.2, 0.25) is 0 Å². The van der Waals surface area contributed by atoms with E-state index in [1.807, 2.05) is 0 Å². The van der Waals surface area contributed by atoms with Gasteiger partial charge in [0.25, 0.3) is 17.7 Å². The molecule has 0 aromatic carbocycles. The second-order valence-corrected chi connectivity index (χ2v) is 11.7. The highest BCUT2D eigenvalue weighted by Crippen LogP contribution is 2.42. The summed E-state index contributed by atoms with van der Waals surface area (Å²) in [6.45, 7) is 1.08. The maximum atomic E-state index is 14.3. The standard InChI is InChI=1S/C25H30F5N5O3S/c1-12-8-24(26,27)11-35(12)23(38)19-20(39-22(34-19)21(37)33-16-3-2-4-17(16)36)14-10-32-18(31-9-13-5-6-13)7-15(14)25(28,29)30/h7,10,12-13,16-18,31-32,36H,2-6,8-9,11H2,1H3,(H,33,37). The van der Waals surface area contributed by atoms with Crippen molar-refractivity contribution >= 4 is 28.7 Å². The molecule has 2 amide bonds. The van der Waals surface area contributed by atoms with Crippen LogP contribution in [0.25, 0.3) is 5.57 Å². The summed E-state index contributed by atoms with van der Waals surface area (Å²) in [5, 5.41) is 18.3. The number of nitrogens with one attached hydrogen (secondary N) is 3. The van der Waals surface area contributed by atoms with Crippen molar-refractivity contribution in [1.82, 2.24) is 25.8 Å². The minimum Gasteiger partial charge on any atom is -0.391 e. The third-order valence-corrected chi connectivity index (χ3v) is 8.60. The number of dihydropyridines is 1. The lowest BCUT2D eigenvalue weighted by Crippen LogP contribution is -2.42. The van der Waals surface area contributed by atoms with Crippen LogP contribution in [0.5, 0.6) is 0 Å². The van der Waals surface area contributed by atoms with Crippen molar-refractivity contribution in [1.29, 1.82) is 0 Å². The highest BCUT2D eigenvalue weighted by molar-refractivity contribution is 7.15. The van der Waals surface area contributed by atoms with Crippen LogP contribution in [0.1, 0.15) is 70.6 Å². The summed E-state index contributed by atoms with van der Waals surface area (Å²) < 4.78 is 70.9. The van der Waals surface area contributed by atoms with Crippen molar-refractivity contribution in [3.63, 3.8) is 0 Å². The number of allylic oxidation sites excluding steroid dienone is 2. The molecule has 14 heteroatoms. The number of carbonyl (C=O) groups is 2. The quantitative estimate of drug-likeness (QED) is 0.372. The van der Waals surface area contributed by atoms with Crippen LogP contribution in [0, 0.1) is 5.92 Å². The number of aromatic nitrogens is 1. The molecule has 4 N–H and O–H groups in total. The van der Waals surface area contributed by atoms with Crippen molar-refractivity contribution in [3.8, 4) is 0 Å². The van der Waals surface area contributed by atoms with E-state index in [2.05, 4.69) is 20.9 Å². The van der Waals surface area contributed by atoms with Gasteiger partial charge in [0.2, 0.25) is 0 Å². The number of carbonyl (C=O) groups excluding carboxylic acids is 2. The lowest BCUT2D eigenvalue weighted by molar-refractivity contribution is -0.0877. The zero-order valence-electron chi connectivity index (χ0n) is 21.2. The number of halogens is 5. The summed E-state index contributed by atoms with van der Waals surface area (Å²) >= 11 is 0.587. The van der Waals surface area contributed by atoms with Crippen LogP contribution in [0.3, 0.4) is 0 Å². The molecule has 3 fully saturated rings. The number of nitrogens with zero attached hydrogens (tertiary/aromatic N) is 2. The van der Waals surface area contributed by atoms with Crippen molar-refractivity contribution in [2.75, 3.05) is 13.1 Å². The Bertz CT molecular complexity index is 1200. The van der Waals surface area contributed by atoms with Crippen molar-refractivity contribution in [2.45, 2.75) is 81.9 Å². The molecule has 214 valence electrons. The molecular formula is C25H30F5N5O3S. The van der Waals surface area contributed by atoms with Gasteiger partial charge in [-0.3, -0.25) is 14.9 Å². The number of alkyl halides is 5. The zero-order chi connectivity index (χ0) is 28.1. The second kappa shape index (κ2) is 10.4. The number of hydrogen-bond donors (Lipinski definition) is 4. The van der Waals surface area contributed by atoms with Crippen LogP contribution in [-0.2, 0) is 0 Å². The molecule has 4 aliphatic rings. The Morgan fingerprint density at radius 1 is 1.26 bits per heavy atom. The Morgan fingerprint density at radius 3 is 2.59 bits per heavy atom. The fourth-order valence-electron chi connectivity index (χ4n) is 5.23. The maximum Gasteiger partial charge on any atom is 0.416 e. The van der Waals surface area contributed by atoms with Crippen LogP contribution >= 0.6 is 11.3 Å². The van der Waals surface area contributed by atoms with Crippen LogP contribution in [-0.4, -0.2) is 76.3 Å². The van der Waals surface area contributed by atoms with Gasteiger partial charge in [0, 0.05) is 30.8 Å². The average Bonchev–Trinajstić information content (AvgIpc) is 3.32. The first kappa shape index (κ1) is 28.0. The van der Waals surface area contributed by atoms with Gasteiger partial charge in [0.1, 0.15) is 5.69 Å². The highest BCUT2D eigenvalue weighted by Gasteiger charge is 2.47. The molecule has 2 aliphatic heterocycles. The SMILES string of the molecule is CC1CC(F)(F)CN1C(=O)c1nc(C(=O)NC2CCCC2O)sc1C1=CNC(NCC2CC2)C=C1C(F)(F)F. The Hall–Kier alpha value is -2.58. The number of aliphatic hydroxyl groups is 1. The fourth-order valence-corrected chi connectivity index (χ4v) is 6.22. The molecule has 1 aromatic heterocycles. The highest BCUT2D eigenvalue weighted by atomic mass is 32.1. The van der Waals surface area contributed by atoms with Crippen LogP contribution in [0.4, 0.5) is 22.0 Å². The third-order valence-electron chi connectivity index (χ3n) is 7.51. The lowest BCUT2D eigenvalue weighted by Gasteiger charge is -2.26. The van der Waals surface area contributed by atoms with E-state index in [-0.39, 0.29) is 9.88 Å². The predicted octanol–water partition coefficient (Wildman–Crippen LogP) is 3.41. The summed E-state index contributed by atoms with van der Waals surface area (Å²) in [4.78, 5) is 31.2. The van der Waals surface area contributed by atoms with Gasteiger partial charge in [-0.05, 0) is 51.0 Å². The Labute approximate surface area is 225 Å². The molecule has 39 heavy (non-hydrogen) atoms. The molecule has 4 atom stereocenters. The maximum absolute atomic E-state index is 14.3. The number of amides is 2. The molecule has 3 heterocycles. The predicted molar refractivity (Wildman–Crippen MR) is 133 cm³/mol. The first-order chi connectivity index (χ1) is 18.3. The molecular weight excluding hydrogens is 545 g/mol. The first-order valence-corrected chi connectivity index (χ1v) is 13.8. The fraction of sp³-hybridized carbons (Fsp3) is 0.640. The molecule has 1 aromatic rings. The van der Waals surface area contributed by atoms with E-state index in [1.165, 1.54) is 6.92 Å². The van der Waals surface area contributed by atoms with E-state index in [0.717, 1.165) is 30.0 Å². The van der Waals surface area contributed by atoms with Gasteiger partial charge in [0.05, 0.1) is 35.3 Å². The van der Waals surface area contributed by atoms with Crippen molar-refractivity contribution < 1.29 is 36.6 Å². The molecule has 8 nitrogen and oxygen atoms in total. The summed E-state index contributed by atoms with van der Waals surface area (Å²) in [5.74, 6) is -4.45. The first-order valence-electron chi connectivity index (χ1n) is 13.0. The second-order valence-electron chi connectivity index (χ2n) is 10.7. The van der Waals surface area contributed by atoms with Gasteiger partial charge in [-0.25, -0.2) is 13.8 Å². The van der Waals surface area contributed by atoms with Crippen LogP contribution < -0.4 is 16.0 Å². The summed E-state index contributed by atoms with van der Waals surface area (Å²) in [7, 11) is 0. The van der Waals surface area contributed by atoms with Crippen LogP contribution in [0.15, 0.2) is 17.8 Å². The minimum absolute atomic E-state index is 0.240. The molecule has 5 rings (SSSR count). The molecule has 1 saturated heterocycles. The number of aliphatic hydroxyl groups excluding tert-OH is 1. The average molecular weight is 576 g/mol. The monoisotopic (exact) mass is 575 g/mol. The molecule has 4 unspecified atom stereocenters. The van der Waals surface area contributed by atoms with E-state index in [4.69, 9.17) is 0 Å². The number of thiazole rings is 1. The Kier molecular flexibility index (Phi) is 7.48. The van der Waals surface area contributed by atoms with Gasteiger partial charge in [-0.1, -0.05) is 0 Å². The third kappa shape index (κ3) is 6.12. The van der Waals surface area contributed by atoms with Gasteiger partial charge in [-0.2, -0.15) is 13.2 Å². The number of rotatable bonds is 7. The van der Waals surface area contributed by atoms with E-state index in [1.54, 1.807) is 0 Å². The summed E-state index contributed by atoms with van der Waals surface area (Å²) in [5.41, 5.74) is -1.91. The Morgan fingerprint density at radius 2 is 2.00 bits per heavy atom. The Balaban J connectivity index is 1.49. The smallest absolute Gasteiger partial charge is 0.391 e. The lowest BCUT2D eigenvalue weighted by atomic mass is 9.99. The van der Waals surface area contributed by atoms with Gasteiger partial charge in [0.15, 0.2) is 5.01 Å². The summed E-state index contributed by atoms with van der Waals surface area (Å²) in [6.07, 6.45) is -1.13. The zero-order valence-corrected chi connectivity index (χ0v) is 22.0. The van der Waals surface area contributed by atoms with E-state index in [9.17, 15) is 36.6 Å². The topological polar surface area (TPSA) is 107 Å². The van der Waals surface area contributed by atoms with Crippen molar-refractivity contribution in [2.24, 2.45) is 5.92 Å².